The van der Waals surface area contributed by atoms with Gasteiger partial charge >= 0.3 is 0 Å². The van der Waals surface area contributed by atoms with Gasteiger partial charge in [0, 0.05) is 31.7 Å². The number of benzene rings is 2. The van der Waals surface area contributed by atoms with Crippen LogP contribution in [0.15, 0.2) is 60.8 Å². The second-order valence-electron chi connectivity index (χ2n) is 6.39. The molecule has 6 nitrogen and oxygen atoms in total. The van der Waals surface area contributed by atoms with Crippen LogP contribution in [-0.4, -0.2) is 46.6 Å². The molecule has 26 heavy (non-hydrogen) atoms. The zero-order valence-corrected chi connectivity index (χ0v) is 14.9. The Morgan fingerprint density at radius 3 is 2.77 bits per heavy atom. The van der Waals surface area contributed by atoms with Crippen LogP contribution >= 0.6 is 0 Å². The van der Waals surface area contributed by atoms with Crippen molar-refractivity contribution in [3.63, 3.8) is 0 Å². The molecule has 3 aromatic rings. The second kappa shape index (κ2) is 7.68. The third-order valence-electron chi connectivity index (χ3n) is 4.74. The van der Waals surface area contributed by atoms with Gasteiger partial charge in [0.2, 0.25) is 0 Å². The molecule has 6 heteroatoms. The zero-order valence-electron chi connectivity index (χ0n) is 14.9. The third-order valence-corrected chi connectivity index (χ3v) is 4.74. The molecule has 0 radical (unpaired) electrons. The van der Waals surface area contributed by atoms with Crippen molar-refractivity contribution in [1.29, 1.82) is 0 Å². The molecule has 1 fully saturated rings. The molecule has 4 rings (SSSR count). The Balaban J connectivity index is 1.55. The first-order chi connectivity index (χ1) is 12.8. The van der Waals surface area contributed by atoms with Crippen molar-refractivity contribution in [3.8, 4) is 11.4 Å². The van der Waals surface area contributed by atoms with E-state index in [9.17, 15) is 0 Å². The summed E-state index contributed by atoms with van der Waals surface area (Å²) in [6.45, 7) is 3.59. The molecule has 0 aliphatic carbocycles. The van der Waals surface area contributed by atoms with Gasteiger partial charge in [-0.15, -0.1) is 0 Å². The molecule has 1 aliphatic rings. The Bertz CT molecular complexity index is 848. The second-order valence-corrected chi connectivity index (χ2v) is 6.39. The molecule has 0 saturated carbocycles. The van der Waals surface area contributed by atoms with Gasteiger partial charge in [0.15, 0.2) is 0 Å². The maximum Gasteiger partial charge on any atom is 0.123 e. The number of para-hydroxylation sites is 2. The number of nitrogens with zero attached hydrogens (tertiary/aromatic N) is 4. The van der Waals surface area contributed by atoms with E-state index in [1.54, 1.807) is 11.9 Å². The van der Waals surface area contributed by atoms with Crippen LogP contribution in [0.2, 0.25) is 0 Å². The van der Waals surface area contributed by atoms with E-state index in [0.29, 0.717) is 0 Å². The average molecular weight is 349 g/mol. The van der Waals surface area contributed by atoms with E-state index in [0.717, 1.165) is 43.3 Å². The summed E-state index contributed by atoms with van der Waals surface area (Å²) in [7, 11) is 1.73. The van der Waals surface area contributed by atoms with E-state index in [2.05, 4.69) is 32.5 Å². The summed E-state index contributed by atoms with van der Waals surface area (Å²) < 4.78 is 5.57. The van der Waals surface area contributed by atoms with Crippen LogP contribution in [0.3, 0.4) is 0 Å². The lowest BCUT2D eigenvalue weighted by atomic mass is 10.0. The quantitative estimate of drug-likeness (QED) is 0.767. The van der Waals surface area contributed by atoms with Gasteiger partial charge in [-0.3, -0.25) is 4.90 Å². The fraction of sp³-hybridized carbons (Fsp3) is 0.300. The highest BCUT2D eigenvalue weighted by atomic mass is 16.5. The zero-order chi connectivity index (χ0) is 17.8. The fourth-order valence-corrected chi connectivity index (χ4v) is 3.44. The number of hydrogen-bond donors (Lipinski definition) is 1. The highest BCUT2D eigenvalue weighted by Crippen LogP contribution is 2.30. The van der Waals surface area contributed by atoms with Crippen molar-refractivity contribution in [2.45, 2.75) is 12.6 Å². The molecule has 1 atom stereocenters. The molecule has 0 bridgehead atoms. The lowest BCUT2D eigenvalue weighted by Gasteiger charge is -2.36. The van der Waals surface area contributed by atoms with Gasteiger partial charge in [0.25, 0.3) is 0 Å². The summed E-state index contributed by atoms with van der Waals surface area (Å²) in [4.78, 5) is 4.13. The summed E-state index contributed by atoms with van der Waals surface area (Å²) in [6.07, 6.45) is 1.86. The molecule has 2 aromatic carbocycles. The summed E-state index contributed by atoms with van der Waals surface area (Å²) in [6, 6.07) is 18.5. The standard InChI is InChI=1S/C20H23N5O/c1-26-20-10-6-5-9-18(20)19-14-21-11-12-24(19)15-16-13-22-25(23-16)17-7-3-2-4-8-17/h2-10,13,19,21H,11-12,14-15H2,1H3. The van der Waals surface area contributed by atoms with E-state index in [1.807, 2.05) is 48.7 Å². The number of ether oxygens (including phenoxy) is 1. The van der Waals surface area contributed by atoms with Gasteiger partial charge in [0.05, 0.1) is 30.7 Å². The first-order valence-electron chi connectivity index (χ1n) is 8.89. The first-order valence-corrected chi connectivity index (χ1v) is 8.89. The number of rotatable bonds is 5. The van der Waals surface area contributed by atoms with Crippen molar-refractivity contribution in [2.24, 2.45) is 0 Å². The van der Waals surface area contributed by atoms with Gasteiger partial charge in [-0.05, 0) is 18.2 Å². The molecule has 1 unspecified atom stereocenters. The van der Waals surface area contributed by atoms with Crippen LogP contribution < -0.4 is 10.1 Å². The number of methoxy groups -OCH3 is 1. The normalized spacial score (nSPS) is 18.0. The number of hydrogen-bond acceptors (Lipinski definition) is 5. The fourth-order valence-electron chi connectivity index (χ4n) is 3.44. The van der Waals surface area contributed by atoms with Gasteiger partial charge < -0.3 is 10.1 Å². The van der Waals surface area contributed by atoms with Crippen molar-refractivity contribution < 1.29 is 4.74 Å². The van der Waals surface area contributed by atoms with E-state index < -0.39 is 0 Å². The topological polar surface area (TPSA) is 55.2 Å². The van der Waals surface area contributed by atoms with Gasteiger partial charge in [-0.2, -0.15) is 15.0 Å². The van der Waals surface area contributed by atoms with E-state index >= 15 is 0 Å². The third kappa shape index (κ3) is 3.47. The molecule has 134 valence electrons. The average Bonchev–Trinajstić information content (AvgIpc) is 3.18. The van der Waals surface area contributed by atoms with Crippen LogP contribution in [0.25, 0.3) is 5.69 Å². The van der Waals surface area contributed by atoms with Crippen molar-refractivity contribution in [2.75, 3.05) is 26.7 Å². The molecular formula is C20H23N5O. The van der Waals surface area contributed by atoms with Crippen LogP contribution in [0.4, 0.5) is 0 Å². The van der Waals surface area contributed by atoms with Crippen molar-refractivity contribution >= 4 is 0 Å². The highest BCUT2D eigenvalue weighted by molar-refractivity contribution is 5.36. The van der Waals surface area contributed by atoms with E-state index in [-0.39, 0.29) is 6.04 Å². The molecule has 1 aliphatic heterocycles. The van der Waals surface area contributed by atoms with Crippen LogP contribution in [0.5, 0.6) is 5.75 Å². The van der Waals surface area contributed by atoms with Crippen LogP contribution in [0, 0.1) is 0 Å². The van der Waals surface area contributed by atoms with Crippen LogP contribution in [-0.2, 0) is 6.54 Å². The van der Waals surface area contributed by atoms with Gasteiger partial charge in [0.1, 0.15) is 5.75 Å². The molecular weight excluding hydrogens is 326 g/mol. The lowest BCUT2D eigenvalue weighted by Crippen LogP contribution is -2.45. The monoisotopic (exact) mass is 349 g/mol. The number of aromatic nitrogens is 3. The SMILES string of the molecule is COc1ccccc1C1CNCCN1Cc1cnn(-c2ccccc2)n1. The molecule has 0 amide bonds. The largest absolute Gasteiger partial charge is 0.496 e. The minimum absolute atomic E-state index is 0.252. The molecule has 1 saturated heterocycles. The number of nitrogens with one attached hydrogen (secondary N) is 1. The summed E-state index contributed by atoms with van der Waals surface area (Å²) >= 11 is 0. The minimum Gasteiger partial charge on any atom is -0.496 e. The maximum atomic E-state index is 5.57. The molecule has 1 aromatic heterocycles. The van der Waals surface area contributed by atoms with E-state index in [1.165, 1.54) is 5.56 Å². The summed E-state index contributed by atoms with van der Waals surface area (Å²) in [5.74, 6) is 0.930. The first kappa shape index (κ1) is 16.8. The summed E-state index contributed by atoms with van der Waals surface area (Å²) in [5, 5.41) is 12.6. The van der Waals surface area contributed by atoms with Crippen molar-refractivity contribution in [3.05, 3.63) is 72.1 Å². The van der Waals surface area contributed by atoms with E-state index in [4.69, 9.17) is 4.74 Å². The maximum absolute atomic E-state index is 5.57. The Labute approximate surface area is 153 Å². The van der Waals surface area contributed by atoms with Gasteiger partial charge in [-0.25, -0.2) is 0 Å². The molecule has 0 spiro atoms. The minimum atomic E-state index is 0.252. The molecule has 1 N–H and O–H groups in total. The Kier molecular flexibility index (Phi) is 4.95. The number of piperazine rings is 1. The van der Waals surface area contributed by atoms with Crippen molar-refractivity contribution in [1.82, 2.24) is 25.2 Å². The highest BCUT2D eigenvalue weighted by Gasteiger charge is 2.26. The Morgan fingerprint density at radius 2 is 1.92 bits per heavy atom. The Hall–Kier alpha value is -2.70. The lowest BCUT2D eigenvalue weighted by molar-refractivity contribution is 0.149. The molecule has 2 heterocycles. The smallest absolute Gasteiger partial charge is 0.123 e. The predicted octanol–water partition coefficient (Wildman–Crippen LogP) is 2.42. The van der Waals surface area contributed by atoms with Crippen LogP contribution in [0.1, 0.15) is 17.3 Å². The predicted molar refractivity (Wildman–Crippen MR) is 100 cm³/mol. The van der Waals surface area contributed by atoms with Gasteiger partial charge in [-0.1, -0.05) is 36.4 Å². The summed E-state index contributed by atoms with van der Waals surface area (Å²) in [5.41, 5.74) is 3.15. The Morgan fingerprint density at radius 1 is 1.12 bits per heavy atom.